The number of hydrogen-bond donors (Lipinski definition) is 2. The predicted molar refractivity (Wildman–Crippen MR) is 143 cm³/mol. The first-order valence-corrected chi connectivity index (χ1v) is 17.2. The summed E-state index contributed by atoms with van der Waals surface area (Å²) in [5.74, 6) is 1.58. The van der Waals surface area contributed by atoms with Gasteiger partial charge in [-0.2, -0.15) is 0 Å². The molecular weight excluding hydrogens is 439 g/mol. The molecule has 0 aliphatic carbocycles. The Balaban J connectivity index is 1.96. The fraction of sp³-hybridized carbons (Fsp3) is 0.538. The van der Waals surface area contributed by atoms with Crippen LogP contribution in [-0.2, 0) is 18.2 Å². The summed E-state index contributed by atoms with van der Waals surface area (Å²) in [5, 5.41) is 0. The van der Waals surface area contributed by atoms with Crippen molar-refractivity contribution < 1.29 is 9.79 Å². The summed E-state index contributed by atoms with van der Waals surface area (Å²) in [6.45, 7) is 2.26. The van der Waals surface area contributed by atoms with Crippen LogP contribution in [0.25, 0.3) is 0 Å². The Morgan fingerprint density at radius 2 is 1.16 bits per heavy atom. The van der Waals surface area contributed by atoms with Gasteiger partial charge in [-0.3, -0.25) is 0 Å². The van der Waals surface area contributed by atoms with E-state index < -0.39 is 15.3 Å². The first-order chi connectivity index (χ1) is 15.0. The topological polar surface area (TPSA) is 40.5 Å². The minimum Gasteiger partial charge on any atom is -0.338 e. The zero-order chi connectivity index (χ0) is 22.4. The third-order valence-corrected chi connectivity index (χ3v) is 17.0. The van der Waals surface area contributed by atoms with E-state index in [1.807, 2.05) is 36.4 Å². The van der Waals surface area contributed by atoms with Crippen LogP contribution < -0.4 is 0 Å². The van der Waals surface area contributed by atoms with Gasteiger partial charge in [0.05, 0.1) is 0 Å². The predicted octanol–water partition coefficient (Wildman–Crippen LogP) is 8.22. The highest BCUT2D eigenvalue weighted by molar-refractivity contribution is 8.85. The quantitative estimate of drug-likeness (QED) is 0.188. The van der Waals surface area contributed by atoms with Crippen molar-refractivity contribution in [2.45, 2.75) is 82.4 Å². The lowest BCUT2D eigenvalue weighted by Crippen LogP contribution is -2.13. The van der Waals surface area contributed by atoms with Crippen LogP contribution in [0.15, 0.2) is 65.6 Å². The van der Waals surface area contributed by atoms with E-state index in [1.165, 1.54) is 56.9 Å². The van der Waals surface area contributed by atoms with E-state index in [0.29, 0.717) is 0 Å². The fourth-order valence-corrected chi connectivity index (χ4v) is 12.9. The van der Waals surface area contributed by atoms with Crippen molar-refractivity contribution in [3.63, 3.8) is 0 Å². The van der Waals surface area contributed by atoms with Gasteiger partial charge in [-0.1, -0.05) is 113 Å². The Bertz CT molecular complexity index is 763. The smallest absolute Gasteiger partial charge is 0.228 e. The Morgan fingerprint density at radius 3 is 1.68 bits per heavy atom. The van der Waals surface area contributed by atoms with E-state index in [0.717, 1.165) is 35.7 Å². The van der Waals surface area contributed by atoms with E-state index in [9.17, 15) is 9.79 Å². The normalized spacial score (nSPS) is 14.8. The maximum atomic E-state index is 10.9. The van der Waals surface area contributed by atoms with E-state index in [4.69, 9.17) is 11.8 Å². The van der Waals surface area contributed by atoms with Crippen LogP contribution in [0.3, 0.4) is 0 Å². The van der Waals surface area contributed by atoms with Gasteiger partial charge in [-0.25, -0.2) is 0 Å². The molecule has 31 heavy (non-hydrogen) atoms. The van der Waals surface area contributed by atoms with Crippen LogP contribution in [0.2, 0.25) is 0 Å². The molecular formula is C26H41O2PS2. The summed E-state index contributed by atoms with van der Waals surface area (Å²) < 4.78 is 0. The minimum atomic E-state index is -3.43. The second-order valence-electron chi connectivity index (χ2n) is 8.47. The lowest BCUT2D eigenvalue weighted by atomic mass is 10.1. The van der Waals surface area contributed by atoms with Gasteiger partial charge in [0.2, 0.25) is 5.69 Å². The number of hydrogen-bond acceptors (Lipinski definition) is 1. The molecule has 2 nitrogen and oxygen atoms in total. The number of benzene rings is 2. The van der Waals surface area contributed by atoms with Gasteiger partial charge in [0, 0.05) is 0 Å². The van der Waals surface area contributed by atoms with Crippen molar-refractivity contribution in [3.8, 4) is 0 Å². The number of unbranched alkanes of at least 4 members (excludes halogenated alkanes) is 9. The van der Waals surface area contributed by atoms with Gasteiger partial charge < -0.3 is 9.79 Å². The highest BCUT2D eigenvalue weighted by atomic mass is 33.0. The first-order valence-electron chi connectivity index (χ1n) is 11.9. The van der Waals surface area contributed by atoms with Gasteiger partial charge >= 0.3 is 0 Å². The van der Waals surface area contributed by atoms with Crippen molar-refractivity contribution in [1.82, 2.24) is 0 Å². The molecule has 0 saturated heterocycles. The van der Waals surface area contributed by atoms with E-state index in [2.05, 4.69) is 31.2 Å². The molecule has 174 valence electrons. The average Bonchev–Trinajstić information content (AvgIpc) is 2.77. The Labute approximate surface area is 196 Å². The second-order valence-corrected chi connectivity index (χ2v) is 18.3. The Kier molecular flexibility index (Phi) is 12.4. The monoisotopic (exact) mass is 480 g/mol. The Hall–Kier alpha value is -0.640. The van der Waals surface area contributed by atoms with Crippen LogP contribution in [0.5, 0.6) is 0 Å². The molecule has 0 saturated carbocycles. The van der Waals surface area contributed by atoms with Gasteiger partial charge in [0.1, 0.15) is 0 Å². The average molecular weight is 481 g/mol. The summed E-state index contributed by atoms with van der Waals surface area (Å²) >= 11 is 5.45. The van der Waals surface area contributed by atoms with Gasteiger partial charge in [-0.05, 0) is 58.7 Å². The summed E-state index contributed by atoms with van der Waals surface area (Å²) in [5.41, 5.74) is -2.19. The van der Waals surface area contributed by atoms with Crippen molar-refractivity contribution in [2.24, 2.45) is 0 Å². The molecule has 2 N–H and O–H groups in total. The van der Waals surface area contributed by atoms with Crippen LogP contribution >= 0.6 is 15.3 Å². The Morgan fingerprint density at radius 1 is 0.677 bits per heavy atom. The molecule has 0 fully saturated rings. The fourth-order valence-electron chi connectivity index (χ4n) is 4.15. The summed E-state index contributed by atoms with van der Waals surface area (Å²) in [7, 11) is -1.86. The third-order valence-electron chi connectivity index (χ3n) is 6.04. The summed E-state index contributed by atoms with van der Waals surface area (Å²) in [6.07, 6.45) is 13.6. The lowest BCUT2D eigenvalue weighted by molar-refractivity contribution is 0.500. The highest BCUT2D eigenvalue weighted by Crippen LogP contribution is 2.81. The summed E-state index contributed by atoms with van der Waals surface area (Å²) in [4.78, 5) is 22.9. The molecule has 0 amide bonds. The minimum absolute atomic E-state index is 0.753. The second kappa shape index (κ2) is 14.5. The van der Waals surface area contributed by atoms with Crippen LogP contribution in [0.4, 0.5) is 0 Å². The molecule has 0 aromatic heterocycles. The zero-order valence-corrected chi connectivity index (χ0v) is 21.7. The summed E-state index contributed by atoms with van der Waals surface area (Å²) in [6, 6.07) is 20.5. The number of aryl methyl sites for hydroxylation is 1. The van der Waals surface area contributed by atoms with Crippen molar-refractivity contribution in [1.29, 1.82) is 0 Å². The molecule has 2 aromatic carbocycles. The molecule has 0 bridgehead atoms. The molecule has 2 aromatic rings. The third kappa shape index (κ3) is 9.02. The van der Waals surface area contributed by atoms with E-state index in [-0.39, 0.29) is 0 Å². The van der Waals surface area contributed by atoms with Crippen LogP contribution in [-0.4, -0.2) is 21.3 Å². The van der Waals surface area contributed by atoms with Crippen LogP contribution in [0.1, 0.15) is 76.7 Å². The molecule has 5 heteroatoms. The van der Waals surface area contributed by atoms with E-state index in [1.54, 1.807) is 0 Å². The van der Waals surface area contributed by atoms with E-state index >= 15 is 0 Å². The van der Waals surface area contributed by atoms with Crippen molar-refractivity contribution >= 4 is 27.1 Å². The van der Waals surface area contributed by atoms with Crippen LogP contribution in [0, 0.1) is 0 Å². The molecule has 2 rings (SSSR count). The highest BCUT2D eigenvalue weighted by Gasteiger charge is 2.38. The molecule has 1 unspecified atom stereocenters. The van der Waals surface area contributed by atoms with Crippen molar-refractivity contribution in [2.75, 3.05) is 11.5 Å². The van der Waals surface area contributed by atoms with Gasteiger partial charge in [-0.15, -0.1) is 9.65 Å². The number of rotatable bonds is 16. The van der Waals surface area contributed by atoms with Gasteiger partial charge in [0.25, 0.3) is 0 Å². The molecule has 0 aliphatic heterocycles. The maximum Gasteiger partial charge on any atom is 0.228 e. The maximum absolute atomic E-state index is 10.9. The SMILES string of the molecule is CCCCCCCCCCCCS(CCc1ccccc1)(c1ccccc1)P(O)(O)=S. The molecule has 0 spiro atoms. The standard InChI is InChI=1S/C26H41O2PS2/c1-2-3-4-5-6-7-8-9-10-17-23-31(29(27,28)30,26-20-15-12-16-21-26)24-22-25-18-13-11-14-19-25/h11-16,18-21H,2-10,17,22-24H2,1H3,(H2,27,28,30). The zero-order valence-electron chi connectivity index (χ0n) is 19.1. The van der Waals surface area contributed by atoms with Crippen molar-refractivity contribution in [3.05, 3.63) is 66.2 Å². The molecule has 0 heterocycles. The van der Waals surface area contributed by atoms with Gasteiger partial charge in [0.15, 0.2) is 0 Å². The molecule has 1 atom stereocenters. The molecule has 0 radical (unpaired) electrons. The lowest BCUT2D eigenvalue weighted by Gasteiger charge is -2.43. The molecule has 0 aliphatic rings. The first kappa shape index (κ1) is 26.6. The largest absolute Gasteiger partial charge is 0.338 e.